The summed E-state index contributed by atoms with van der Waals surface area (Å²) in [7, 11) is 0. The fraction of sp³-hybridized carbons (Fsp3) is 0.265. The molecule has 1 aliphatic rings. The molecule has 1 heterocycles. The number of cyclic esters (lactones) is 1. The fourth-order valence-corrected chi connectivity index (χ4v) is 4.73. The maximum atomic E-state index is 13.4. The summed E-state index contributed by atoms with van der Waals surface area (Å²) in [6, 6.07) is 39.3. The Labute approximate surface area is 235 Å². The third kappa shape index (κ3) is 7.43. The molecule has 4 aromatic rings. The van der Waals surface area contributed by atoms with Crippen LogP contribution in [0.5, 0.6) is 0 Å². The first kappa shape index (κ1) is 27.7. The molecular formula is C34H34O6. The average molecular weight is 539 g/mol. The Morgan fingerprint density at radius 2 is 0.900 bits per heavy atom. The third-order valence-electron chi connectivity index (χ3n) is 6.79. The smallest absolute Gasteiger partial charge is 0.339 e. The van der Waals surface area contributed by atoms with E-state index in [9.17, 15) is 4.79 Å². The lowest BCUT2D eigenvalue weighted by molar-refractivity contribution is -0.180. The molecule has 6 nitrogen and oxygen atoms in total. The lowest BCUT2D eigenvalue weighted by Crippen LogP contribution is -2.52. The zero-order chi connectivity index (χ0) is 27.5. The largest absolute Gasteiger partial charge is 0.449 e. The maximum absolute atomic E-state index is 13.4. The van der Waals surface area contributed by atoms with Crippen molar-refractivity contribution < 1.29 is 28.5 Å². The first-order valence-corrected chi connectivity index (χ1v) is 13.5. The fourth-order valence-electron chi connectivity index (χ4n) is 4.73. The standard InChI is InChI=1S/C34H34O6/c35-33-31(38-23-29-17-9-3-10-18-29)32(39-24-30-19-11-4-12-20-30)34(40-33,25-36-21-27-13-5-1-6-14-27)26-37-22-28-15-7-2-8-16-28/h1-20,31-32H,21-26H2/t31-,32+/m1/s1. The van der Waals surface area contributed by atoms with Gasteiger partial charge in [0.1, 0.15) is 6.10 Å². The first-order chi connectivity index (χ1) is 19.7. The lowest BCUT2D eigenvalue weighted by atomic mass is 9.96. The van der Waals surface area contributed by atoms with Crippen LogP contribution >= 0.6 is 0 Å². The van der Waals surface area contributed by atoms with Crippen LogP contribution in [0.4, 0.5) is 0 Å². The van der Waals surface area contributed by atoms with Crippen LogP contribution in [0, 0.1) is 0 Å². The number of carbonyl (C=O) groups excluding carboxylic acids is 1. The van der Waals surface area contributed by atoms with Crippen LogP contribution in [-0.4, -0.2) is 37.0 Å². The van der Waals surface area contributed by atoms with Crippen LogP contribution in [0.3, 0.4) is 0 Å². The molecule has 206 valence electrons. The quantitative estimate of drug-likeness (QED) is 0.187. The first-order valence-electron chi connectivity index (χ1n) is 13.5. The van der Waals surface area contributed by atoms with Gasteiger partial charge in [-0.3, -0.25) is 0 Å². The molecule has 0 unspecified atom stereocenters. The zero-order valence-corrected chi connectivity index (χ0v) is 22.4. The summed E-state index contributed by atoms with van der Waals surface area (Å²) in [6.45, 7) is 1.43. The Kier molecular flexibility index (Phi) is 9.72. The minimum absolute atomic E-state index is 0.0904. The number of esters is 1. The van der Waals surface area contributed by atoms with E-state index in [1.165, 1.54) is 0 Å². The number of hydrogen-bond donors (Lipinski definition) is 0. The lowest BCUT2D eigenvalue weighted by Gasteiger charge is -2.33. The van der Waals surface area contributed by atoms with E-state index in [1.54, 1.807) is 0 Å². The predicted octanol–water partition coefficient (Wildman–Crippen LogP) is 5.89. The molecule has 40 heavy (non-hydrogen) atoms. The molecule has 0 aromatic heterocycles. The summed E-state index contributed by atoms with van der Waals surface area (Å²) in [5, 5.41) is 0. The number of carbonyl (C=O) groups is 1. The monoisotopic (exact) mass is 538 g/mol. The summed E-state index contributed by atoms with van der Waals surface area (Å²) in [6.07, 6.45) is -1.69. The van der Waals surface area contributed by atoms with Crippen LogP contribution in [0.15, 0.2) is 121 Å². The minimum Gasteiger partial charge on any atom is -0.449 e. The molecule has 0 bridgehead atoms. The second-order valence-corrected chi connectivity index (χ2v) is 9.88. The van der Waals surface area contributed by atoms with Crippen molar-refractivity contribution in [2.75, 3.05) is 13.2 Å². The van der Waals surface area contributed by atoms with Crippen molar-refractivity contribution in [1.29, 1.82) is 0 Å². The molecule has 6 heteroatoms. The van der Waals surface area contributed by atoms with Crippen LogP contribution in [0.1, 0.15) is 22.3 Å². The predicted molar refractivity (Wildman–Crippen MR) is 151 cm³/mol. The van der Waals surface area contributed by atoms with E-state index in [-0.39, 0.29) is 26.4 Å². The number of rotatable bonds is 14. The molecule has 1 saturated heterocycles. The van der Waals surface area contributed by atoms with E-state index in [2.05, 4.69) is 0 Å². The molecule has 0 saturated carbocycles. The van der Waals surface area contributed by atoms with Gasteiger partial charge in [-0.2, -0.15) is 0 Å². The summed E-state index contributed by atoms with van der Waals surface area (Å²) < 4.78 is 31.0. The summed E-state index contributed by atoms with van der Waals surface area (Å²) in [5.74, 6) is -0.486. The Bertz CT molecular complexity index is 1250. The van der Waals surface area contributed by atoms with E-state index in [4.69, 9.17) is 23.7 Å². The highest BCUT2D eigenvalue weighted by atomic mass is 16.7. The number of benzene rings is 4. The van der Waals surface area contributed by atoms with Gasteiger partial charge in [-0.05, 0) is 22.3 Å². The molecule has 0 N–H and O–H groups in total. The van der Waals surface area contributed by atoms with Gasteiger partial charge in [0.25, 0.3) is 0 Å². The Balaban J connectivity index is 1.37. The highest BCUT2D eigenvalue weighted by Gasteiger charge is 2.58. The second-order valence-electron chi connectivity index (χ2n) is 9.88. The van der Waals surface area contributed by atoms with Crippen LogP contribution in [0.2, 0.25) is 0 Å². The summed E-state index contributed by atoms with van der Waals surface area (Å²) in [5.41, 5.74) is 2.77. The summed E-state index contributed by atoms with van der Waals surface area (Å²) >= 11 is 0. The highest BCUT2D eigenvalue weighted by molar-refractivity contribution is 5.79. The van der Waals surface area contributed by atoms with Gasteiger partial charge in [0.2, 0.25) is 0 Å². The molecule has 1 fully saturated rings. The Morgan fingerprint density at radius 1 is 0.525 bits per heavy atom. The van der Waals surface area contributed by atoms with Gasteiger partial charge in [0.15, 0.2) is 11.7 Å². The van der Waals surface area contributed by atoms with Gasteiger partial charge in [0.05, 0.1) is 39.6 Å². The van der Waals surface area contributed by atoms with Crippen LogP contribution in [0.25, 0.3) is 0 Å². The van der Waals surface area contributed by atoms with Gasteiger partial charge in [-0.1, -0.05) is 121 Å². The second kappa shape index (κ2) is 14.0. The Morgan fingerprint density at radius 3 is 1.32 bits per heavy atom. The van der Waals surface area contributed by atoms with Crippen molar-refractivity contribution in [3.63, 3.8) is 0 Å². The van der Waals surface area contributed by atoms with E-state index in [0.717, 1.165) is 22.3 Å². The number of ether oxygens (including phenoxy) is 5. The summed E-state index contributed by atoms with van der Waals surface area (Å²) in [4.78, 5) is 13.4. The van der Waals surface area contributed by atoms with Crippen molar-refractivity contribution in [3.05, 3.63) is 144 Å². The van der Waals surface area contributed by atoms with Gasteiger partial charge >= 0.3 is 5.97 Å². The maximum Gasteiger partial charge on any atom is 0.339 e. The van der Waals surface area contributed by atoms with Gasteiger partial charge in [-0.25, -0.2) is 4.79 Å². The van der Waals surface area contributed by atoms with Gasteiger partial charge in [0, 0.05) is 0 Å². The molecule has 0 amide bonds. The Hall–Kier alpha value is -3.81. The van der Waals surface area contributed by atoms with Gasteiger partial charge in [-0.15, -0.1) is 0 Å². The van der Waals surface area contributed by atoms with Crippen molar-refractivity contribution in [2.45, 2.75) is 44.2 Å². The molecular weight excluding hydrogens is 504 g/mol. The average Bonchev–Trinajstić information content (AvgIpc) is 3.26. The molecule has 4 aromatic carbocycles. The normalized spacial score (nSPS) is 17.9. The van der Waals surface area contributed by atoms with Gasteiger partial charge < -0.3 is 23.7 Å². The van der Waals surface area contributed by atoms with Crippen LogP contribution in [-0.2, 0) is 54.9 Å². The number of hydrogen-bond acceptors (Lipinski definition) is 6. The molecule has 0 aliphatic carbocycles. The van der Waals surface area contributed by atoms with Crippen molar-refractivity contribution in [3.8, 4) is 0 Å². The third-order valence-corrected chi connectivity index (χ3v) is 6.79. The zero-order valence-electron chi connectivity index (χ0n) is 22.4. The van der Waals surface area contributed by atoms with Crippen molar-refractivity contribution in [1.82, 2.24) is 0 Å². The van der Waals surface area contributed by atoms with Crippen molar-refractivity contribution >= 4 is 5.97 Å². The van der Waals surface area contributed by atoms with E-state index in [1.807, 2.05) is 121 Å². The molecule has 0 radical (unpaired) electrons. The SMILES string of the molecule is O=C1OC(COCc2ccccc2)(COCc2ccccc2)[C@@H](OCc2ccccc2)[C@H]1OCc1ccccc1. The molecule has 5 rings (SSSR count). The molecule has 2 atom stereocenters. The van der Waals surface area contributed by atoms with E-state index < -0.39 is 23.8 Å². The minimum atomic E-state index is -1.20. The molecule has 0 spiro atoms. The topological polar surface area (TPSA) is 63.2 Å². The van der Waals surface area contributed by atoms with E-state index >= 15 is 0 Å². The highest BCUT2D eigenvalue weighted by Crippen LogP contribution is 2.35. The molecule has 1 aliphatic heterocycles. The van der Waals surface area contributed by atoms with Crippen molar-refractivity contribution in [2.24, 2.45) is 0 Å². The van der Waals surface area contributed by atoms with Crippen LogP contribution < -0.4 is 0 Å². The van der Waals surface area contributed by atoms with E-state index in [0.29, 0.717) is 13.2 Å².